The molecule has 0 spiro atoms. The predicted molar refractivity (Wildman–Crippen MR) is 73.7 cm³/mol. The number of rotatable bonds is 8. The minimum atomic E-state index is -1.09. The number of carbonyl (C=O) groups excluding carboxylic acids is 3. The van der Waals surface area contributed by atoms with Crippen molar-refractivity contribution >= 4 is 17.7 Å². The van der Waals surface area contributed by atoms with Gasteiger partial charge < -0.3 is 9.47 Å². The van der Waals surface area contributed by atoms with Gasteiger partial charge in [0.05, 0.1) is 19.6 Å². The molecule has 20 heavy (non-hydrogen) atoms. The van der Waals surface area contributed by atoms with Crippen molar-refractivity contribution < 1.29 is 23.9 Å². The highest BCUT2D eigenvalue weighted by atomic mass is 16.5. The molecule has 0 fully saturated rings. The smallest absolute Gasteiger partial charge is 0.317 e. The first-order valence-electron chi connectivity index (χ1n) is 6.87. The molecule has 0 saturated carbocycles. The van der Waals surface area contributed by atoms with E-state index in [1.54, 1.807) is 13.8 Å². The lowest BCUT2D eigenvalue weighted by Crippen LogP contribution is -2.29. The van der Waals surface area contributed by atoms with E-state index < -0.39 is 17.9 Å². The molecule has 0 aromatic carbocycles. The first kappa shape index (κ1) is 18.2. The molecule has 0 bridgehead atoms. The molecule has 0 aliphatic carbocycles. The highest BCUT2D eigenvalue weighted by Crippen LogP contribution is 2.12. The monoisotopic (exact) mass is 282 g/mol. The predicted octanol–water partition coefficient (Wildman–Crippen LogP) is 1.88. The van der Waals surface area contributed by atoms with Crippen LogP contribution in [-0.2, 0) is 23.9 Å². The van der Waals surface area contributed by atoms with Crippen molar-refractivity contribution in [2.75, 3.05) is 13.2 Å². The molecule has 0 aliphatic rings. The summed E-state index contributed by atoms with van der Waals surface area (Å²) in [6.45, 7) is 5.61. The van der Waals surface area contributed by atoms with Crippen molar-refractivity contribution in [3.8, 4) is 11.8 Å². The molecule has 0 aliphatic heterocycles. The summed E-state index contributed by atoms with van der Waals surface area (Å²) in [5, 5.41) is 0. The number of carbonyl (C=O) groups is 3. The number of hydrogen-bond donors (Lipinski definition) is 0. The van der Waals surface area contributed by atoms with Crippen molar-refractivity contribution in [2.24, 2.45) is 5.92 Å². The van der Waals surface area contributed by atoms with Gasteiger partial charge in [0.2, 0.25) is 0 Å². The van der Waals surface area contributed by atoms with E-state index in [-0.39, 0.29) is 31.8 Å². The van der Waals surface area contributed by atoms with Gasteiger partial charge in [-0.05, 0) is 13.8 Å². The van der Waals surface area contributed by atoms with Crippen LogP contribution >= 0.6 is 0 Å². The summed E-state index contributed by atoms with van der Waals surface area (Å²) in [6, 6.07) is 0. The Morgan fingerprint density at radius 1 is 1.00 bits per heavy atom. The molecule has 0 N–H and O–H groups in total. The summed E-state index contributed by atoms with van der Waals surface area (Å²) in [5.74, 6) is 3.02. The second-order valence-corrected chi connectivity index (χ2v) is 3.99. The second kappa shape index (κ2) is 11.0. The normalized spacial score (nSPS) is 10.9. The van der Waals surface area contributed by atoms with Crippen molar-refractivity contribution in [1.29, 1.82) is 0 Å². The zero-order valence-electron chi connectivity index (χ0n) is 12.4. The maximum Gasteiger partial charge on any atom is 0.317 e. The maximum absolute atomic E-state index is 12.0. The summed E-state index contributed by atoms with van der Waals surface area (Å²) in [7, 11) is 0. The molecule has 5 nitrogen and oxygen atoms in total. The number of ether oxygens (including phenoxy) is 2. The summed E-state index contributed by atoms with van der Waals surface area (Å²) in [6.07, 6.45) is 0.965. The Morgan fingerprint density at radius 3 is 2.20 bits per heavy atom. The topological polar surface area (TPSA) is 69.7 Å². The van der Waals surface area contributed by atoms with Crippen LogP contribution in [0.1, 0.15) is 46.5 Å². The van der Waals surface area contributed by atoms with Crippen LogP contribution in [-0.4, -0.2) is 30.9 Å². The average molecular weight is 282 g/mol. The van der Waals surface area contributed by atoms with Gasteiger partial charge in [-0.15, -0.1) is 11.8 Å². The van der Waals surface area contributed by atoms with Crippen molar-refractivity contribution in [2.45, 2.75) is 46.5 Å². The van der Waals surface area contributed by atoms with E-state index in [1.165, 1.54) is 0 Å². The highest BCUT2D eigenvalue weighted by Gasteiger charge is 2.30. The summed E-state index contributed by atoms with van der Waals surface area (Å²) >= 11 is 0. The third-order valence-corrected chi connectivity index (χ3v) is 2.43. The third kappa shape index (κ3) is 7.57. The number of esters is 2. The molecule has 1 unspecified atom stereocenters. The van der Waals surface area contributed by atoms with E-state index in [2.05, 4.69) is 11.8 Å². The van der Waals surface area contributed by atoms with E-state index in [0.29, 0.717) is 6.42 Å². The van der Waals surface area contributed by atoms with Crippen molar-refractivity contribution in [3.05, 3.63) is 0 Å². The first-order chi connectivity index (χ1) is 9.56. The lowest BCUT2D eigenvalue weighted by atomic mass is 9.97. The fourth-order valence-corrected chi connectivity index (χ4v) is 1.53. The molecule has 0 saturated heterocycles. The molecule has 1 atom stereocenters. The van der Waals surface area contributed by atoms with Gasteiger partial charge in [0.1, 0.15) is 11.7 Å². The molecule has 0 heterocycles. The van der Waals surface area contributed by atoms with Crippen LogP contribution in [0.5, 0.6) is 0 Å². The summed E-state index contributed by atoms with van der Waals surface area (Å²) < 4.78 is 9.60. The Bertz CT molecular complexity index is 389. The van der Waals surface area contributed by atoms with Gasteiger partial charge in [-0.1, -0.05) is 6.92 Å². The molecule has 0 aromatic rings. The zero-order valence-corrected chi connectivity index (χ0v) is 12.4. The maximum atomic E-state index is 12.0. The largest absolute Gasteiger partial charge is 0.466 e. The quantitative estimate of drug-likeness (QED) is 0.386. The molecule has 0 aromatic heterocycles. The lowest BCUT2D eigenvalue weighted by Gasteiger charge is -2.13. The SMILES string of the molecule is CCC#CCCC(=O)C(CC(=O)OCC)C(=O)OCC. The standard InChI is InChI=1S/C15H22O5/c1-4-7-8-9-10-13(16)12(15(18)20-6-3)11-14(17)19-5-2/h12H,4-6,9-11H2,1-3H3. The number of Topliss-reactive ketones (excluding diaryl/α,β-unsaturated/α-hetero) is 1. The molecular formula is C15H22O5. The van der Waals surface area contributed by atoms with E-state index in [4.69, 9.17) is 9.47 Å². The Balaban J connectivity index is 4.61. The van der Waals surface area contributed by atoms with Crippen LogP contribution in [0.2, 0.25) is 0 Å². The molecule has 0 radical (unpaired) electrons. The third-order valence-electron chi connectivity index (χ3n) is 2.43. The van der Waals surface area contributed by atoms with Gasteiger partial charge in [0.15, 0.2) is 0 Å². The zero-order chi connectivity index (χ0) is 15.4. The Hall–Kier alpha value is -1.83. The van der Waals surface area contributed by atoms with Crippen LogP contribution in [0, 0.1) is 17.8 Å². The van der Waals surface area contributed by atoms with Gasteiger partial charge in [0, 0.05) is 19.3 Å². The molecular weight excluding hydrogens is 260 g/mol. The Kier molecular flexibility index (Phi) is 10.0. The van der Waals surface area contributed by atoms with Gasteiger partial charge >= 0.3 is 11.9 Å². The Morgan fingerprint density at radius 2 is 1.65 bits per heavy atom. The van der Waals surface area contributed by atoms with E-state index in [0.717, 1.165) is 6.42 Å². The minimum Gasteiger partial charge on any atom is -0.466 e. The van der Waals surface area contributed by atoms with E-state index in [9.17, 15) is 14.4 Å². The van der Waals surface area contributed by atoms with Crippen LogP contribution in [0.25, 0.3) is 0 Å². The molecule has 0 amide bonds. The number of ketones is 1. The summed E-state index contributed by atoms with van der Waals surface area (Å²) in [4.78, 5) is 35.1. The summed E-state index contributed by atoms with van der Waals surface area (Å²) in [5.41, 5.74) is 0. The average Bonchev–Trinajstić information content (AvgIpc) is 2.41. The lowest BCUT2D eigenvalue weighted by molar-refractivity contribution is -0.157. The van der Waals surface area contributed by atoms with Crippen LogP contribution in [0.3, 0.4) is 0 Å². The second-order valence-electron chi connectivity index (χ2n) is 3.99. The van der Waals surface area contributed by atoms with Crippen LogP contribution < -0.4 is 0 Å². The van der Waals surface area contributed by atoms with Gasteiger partial charge in [-0.25, -0.2) is 0 Å². The Labute approximate surface area is 120 Å². The molecule has 0 rings (SSSR count). The van der Waals surface area contributed by atoms with Crippen LogP contribution in [0.15, 0.2) is 0 Å². The van der Waals surface area contributed by atoms with E-state index in [1.807, 2.05) is 6.92 Å². The fraction of sp³-hybridized carbons (Fsp3) is 0.667. The molecule has 5 heteroatoms. The van der Waals surface area contributed by atoms with E-state index >= 15 is 0 Å². The molecule has 112 valence electrons. The van der Waals surface area contributed by atoms with Gasteiger partial charge in [-0.2, -0.15) is 0 Å². The van der Waals surface area contributed by atoms with Crippen LogP contribution in [0.4, 0.5) is 0 Å². The fourth-order valence-electron chi connectivity index (χ4n) is 1.53. The number of hydrogen-bond acceptors (Lipinski definition) is 5. The van der Waals surface area contributed by atoms with Crippen molar-refractivity contribution in [1.82, 2.24) is 0 Å². The van der Waals surface area contributed by atoms with Gasteiger partial charge in [0.25, 0.3) is 0 Å². The first-order valence-corrected chi connectivity index (χ1v) is 6.87. The van der Waals surface area contributed by atoms with Gasteiger partial charge in [-0.3, -0.25) is 14.4 Å². The highest BCUT2D eigenvalue weighted by molar-refractivity contribution is 6.01. The minimum absolute atomic E-state index is 0.135. The van der Waals surface area contributed by atoms with Crippen molar-refractivity contribution in [3.63, 3.8) is 0 Å².